The van der Waals surface area contributed by atoms with E-state index in [1.165, 1.54) is 12.1 Å². The van der Waals surface area contributed by atoms with Crippen LogP contribution in [0.4, 0.5) is 11.4 Å². The van der Waals surface area contributed by atoms with E-state index in [1.54, 1.807) is 36.4 Å². The third kappa shape index (κ3) is 4.03. The molecule has 8 heteroatoms. The lowest BCUT2D eigenvalue weighted by Gasteiger charge is -2.15. The number of carbonyl (C=O) groups is 3. The van der Waals surface area contributed by atoms with Crippen LogP contribution in [-0.4, -0.2) is 24.4 Å². The Morgan fingerprint density at radius 3 is 2.54 bits per heavy atom. The van der Waals surface area contributed by atoms with Crippen molar-refractivity contribution < 1.29 is 19.1 Å². The number of ether oxygens (including phenoxy) is 1. The molecule has 6 nitrogen and oxygen atoms in total. The molecule has 2 aromatic rings. The lowest BCUT2D eigenvalue weighted by molar-refractivity contribution is -0.120. The molecule has 0 unspecified atom stereocenters. The van der Waals surface area contributed by atoms with Gasteiger partial charge in [0.2, 0.25) is 0 Å². The van der Waals surface area contributed by atoms with Gasteiger partial charge in [0.05, 0.1) is 17.9 Å². The molecule has 0 saturated heterocycles. The van der Waals surface area contributed by atoms with Gasteiger partial charge in [-0.2, -0.15) is 0 Å². The average Bonchev–Trinajstić information content (AvgIpc) is 2.89. The van der Waals surface area contributed by atoms with Gasteiger partial charge in [-0.25, -0.2) is 9.69 Å². The summed E-state index contributed by atoms with van der Waals surface area (Å²) in [5, 5.41) is 2.97. The molecule has 0 radical (unpaired) electrons. The summed E-state index contributed by atoms with van der Waals surface area (Å²) in [6.07, 6.45) is 0.710. The van der Waals surface area contributed by atoms with E-state index in [4.69, 9.17) is 27.9 Å². The van der Waals surface area contributed by atoms with Gasteiger partial charge in [0.25, 0.3) is 11.8 Å². The van der Waals surface area contributed by atoms with E-state index in [1.807, 2.05) is 6.92 Å². The van der Waals surface area contributed by atoms with Crippen molar-refractivity contribution >= 4 is 52.4 Å². The number of nitrogens with zero attached hydrogens (tertiary/aromatic N) is 1. The molecule has 1 heterocycles. The monoisotopic (exact) mass is 418 g/mol. The van der Waals surface area contributed by atoms with E-state index < -0.39 is 17.8 Å². The van der Waals surface area contributed by atoms with E-state index >= 15 is 0 Å². The Bertz CT molecular complexity index is 988. The number of rotatable bonds is 6. The number of imide groups is 1. The fourth-order valence-electron chi connectivity index (χ4n) is 2.61. The van der Waals surface area contributed by atoms with Crippen molar-refractivity contribution in [2.24, 2.45) is 0 Å². The van der Waals surface area contributed by atoms with Crippen LogP contribution in [0.3, 0.4) is 0 Å². The molecule has 2 aromatic carbocycles. The highest BCUT2D eigenvalue weighted by molar-refractivity contribution is 6.53. The topological polar surface area (TPSA) is 75.7 Å². The molecule has 3 rings (SSSR count). The van der Waals surface area contributed by atoms with Gasteiger partial charge >= 0.3 is 5.97 Å². The normalized spacial score (nSPS) is 13.9. The summed E-state index contributed by atoms with van der Waals surface area (Å²) in [4.78, 5) is 38.2. The summed E-state index contributed by atoms with van der Waals surface area (Å²) in [6.45, 7) is 2.21. The predicted molar refractivity (Wildman–Crippen MR) is 107 cm³/mol. The second-order valence-corrected chi connectivity index (χ2v) is 6.77. The molecule has 1 aliphatic rings. The van der Waals surface area contributed by atoms with Gasteiger partial charge in [-0.15, -0.1) is 0 Å². The lowest BCUT2D eigenvalue weighted by Crippen LogP contribution is -2.32. The van der Waals surface area contributed by atoms with Crippen LogP contribution in [0.15, 0.2) is 59.3 Å². The smallest absolute Gasteiger partial charge is 0.338 e. The molecule has 1 N–H and O–H groups in total. The summed E-state index contributed by atoms with van der Waals surface area (Å²) < 4.78 is 5.10. The first-order valence-corrected chi connectivity index (χ1v) is 9.26. The zero-order valence-electron chi connectivity index (χ0n) is 14.9. The maximum absolute atomic E-state index is 12.8. The molecule has 0 fully saturated rings. The first kappa shape index (κ1) is 19.9. The molecule has 0 aliphatic carbocycles. The van der Waals surface area contributed by atoms with Crippen molar-refractivity contribution in [3.05, 3.63) is 69.8 Å². The van der Waals surface area contributed by atoms with Crippen molar-refractivity contribution in [1.29, 1.82) is 0 Å². The van der Waals surface area contributed by atoms with Crippen molar-refractivity contribution in [2.75, 3.05) is 16.8 Å². The Hall–Kier alpha value is -2.83. The van der Waals surface area contributed by atoms with Crippen molar-refractivity contribution in [2.45, 2.75) is 13.3 Å². The van der Waals surface area contributed by atoms with Gasteiger partial charge in [-0.1, -0.05) is 42.3 Å². The highest BCUT2D eigenvalue weighted by Crippen LogP contribution is 2.31. The number of esters is 1. The highest BCUT2D eigenvalue weighted by atomic mass is 35.5. The van der Waals surface area contributed by atoms with Gasteiger partial charge in [0.1, 0.15) is 10.7 Å². The number of carbonyl (C=O) groups excluding carboxylic acids is 3. The van der Waals surface area contributed by atoms with Gasteiger partial charge in [0.15, 0.2) is 0 Å². The molecule has 0 spiro atoms. The Balaban J connectivity index is 1.84. The van der Waals surface area contributed by atoms with Crippen LogP contribution in [0.25, 0.3) is 0 Å². The summed E-state index contributed by atoms with van der Waals surface area (Å²) in [5.74, 6) is -1.74. The summed E-state index contributed by atoms with van der Waals surface area (Å²) in [7, 11) is 0. The molecule has 0 atom stereocenters. The number of hydrogen-bond donors (Lipinski definition) is 1. The van der Waals surface area contributed by atoms with Crippen molar-refractivity contribution in [3.8, 4) is 0 Å². The van der Waals surface area contributed by atoms with Crippen LogP contribution in [0.1, 0.15) is 23.7 Å². The Morgan fingerprint density at radius 1 is 1.07 bits per heavy atom. The molecule has 28 heavy (non-hydrogen) atoms. The molecular formula is C20H16Cl2N2O4. The average molecular weight is 419 g/mol. The second-order valence-electron chi connectivity index (χ2n) is 5.96. The van der Waals surface area contributed by atoms with Crippen LogP contribution in [-0.2, 0) is 14.3 Å². The standard InChI is InChI=1S/C20H16Cl2N2O4/c1-2-9-28-20(27)12-5-3-7-14(10-12)23-17-16(22)18(25)24(19(17)26)15-8-4-6-13(21)11-15/h3-8,10-11,23H,2,9H2,1H3. The van der Waals surface area contributed by atoms with E-state index in [0.717, 1.165) is 4.90 Å². The van der Waals surface area contributed by atoms with Crippen LogP contribution in [0.5, 0.6) is 0 Å². The van der Waals surface area contributed by atoms with E-state index in [-0.39, 0.29) is 10.7 Å². The van der Waals surface area contributed by atoms with Gasteiger partial charge < -0.3 is 10.1 Å². The minimum absolute atomic E-state index is 0.0780. The largest absolute Gasteiger partial charge is 0.462 e. The number of benzene rings is 2. The molecule has 0 aromatic heterocycles. The number of hydrogen-bond acceptors (Lipinski definition) is 5. The number of nitrogens with one attached hydrogen (secondary N) is 1. The molecule has 0 saturated carbocycles. The van der Waals surface area contributed by atoms with Gasteiger partial charge in [-0.3, -0.25) is 9.59 Å². The highest BCUT2D eigenvalue weighted by Gasteiger charge is 2.39. The first-order chi connectivity index (χ1) is 13.4. The summed E-state index contributed by atoms with van der Waals surface area (Å²) in [5.41, 5.74) is 0.979. The van der Waals surface area contributed by atoms with Crippen LogP contribution < -0.4 is 10.2 Å². The maximum Gasteiger partial charge on any atom is 0.338 e. The zero-order valence-corrected chi connectivity index (χ0v) is 16.4. The minimum atomic E-state index is -0.657. The fraction of sp³-hybridized carbons (Fsp3) is 0.150. The van der Waals surface area contributed by atoms with E-state index in [9.17, 15) is 14.4 Å². The third-order valence-corrected chi connectivity index (χ3v) is 4.48. The Kier molecular flexibility index (Phi) is 6.02. The predicted octanol–water partition coefficient (Wildman–Crippen LogP) is 4.34. The summed E-state index contributed by atoms with van der Waals surface area (Å²) in [6, 6.07) is 12.7. The van der Waals surface area contributed by atoms with Crippen molar-refractivity contribution in [1.82, 2.24) is 0 Å². The van der Waals surface area contributed by atoms with Crippen LogP contribution in [0, 0.1) is 0 Å². The molecule has 2 amide bonds. The molecule has 1 aliphatic heterocycles. The number of amides is 2. The molecule has 144 valence electrons. The lowest BCUT2D eigenvalue weighted by atomic mass is 10.2. The van der Waals surface area contributed by atoms with E-state index in [0.29, 0.717) is 35.0 Å². The molecular weight excluding hydrogens is 403 g/mol. The Labute approximate surface area is 171 Å². The van der Waals surface area contributed by atoms with E-state index in [2.05, 4.69) is 5.32 Å². The zero-order chi connectivity index (χ0) is 20.3. The van der Waals surface area contributed by atoms with Crippen LogP contribution in [0.2, 0.25) is 5.02 Å². The third-order valence-electron chi connectivity index (χ3n) is 3.90. The Morgan fingerprint density at radius 2 is 1.82 bits per heavy atom. The van der Waals surface area contributed by atoms with Gasteiger partial charge in [-0.05, 0) is 42.8 Å². The number of halogens is 2. The SMILES string of the molecule is CCCOC(=O)c1cccc(NC2=C(Cl)C(=O)N(c3cccc(Cl)c3)C2=O)c1. The molecule has 0 bridgehead atoms. The summed E-state index contributed by atoms with van der Waals surface area (Å²) >= 11 is 12.1. The fourth-order valence-corrected chi connectivity index (χ4v) is 3.00. The second kappa shape index (κ2) is 8.46. The minimum Gasteiger partial charge on any atom is -0.462 e. The van der Waals surface area contributed by atoms with Crippen molar-refractivity contribution in [3.63, 3.8) is 0 Å². The maximum atomic E-state index is 12.8. The quantitative estimate of drug-likeness (QED) is 0.557. The number of anilines is 2. The first-order valence-electron chi connectivity index (χ1n) is 8.50. The van der Waals surface area contributed by atoms with Crippen LogP contribution >= 0.6 is 23.2 Å². The van der Waals surface area contributed by atoms with Gasteiger partial charge in [0, 0.05) is 10.7 Å².